The molecule has 1 aromatic rings. The predicted octanol–water partition coefficient (Wildman–Crippen LogP) is 3.87. The Hall–Kier alpha value is 0.01000. The number of thioether (sulfide) groups is 1. The van der Waals surface area contributed by atoms with E-state index in [0.717, 1.165) is 11.8 Å². The van der Waals surface area contributed by atoms with Gasteiger partial charge in [-0.3, -0.25) is 0 Å². The number of rotatable bonds is 1. The van der Waals surface area contributed by atoms with Gasteiger partial charge in [-0.15, -0.1) is 11.8 Å². The maximum Gasteiger partial charge on any atom is 0.0803 e. The molecule has 1 saturated heterocycles. The molecule has 1 fully saturated rings. The first-order valence-corrected chi connectivity index (χ1v) is 7.05. The van der Waals surface area contributed by atoms with Crippen molar-refractivity contribution in [1.82, 2.24) is 5.32 Å². The molecule has 1 N–H and O–H groups in total. The highest BCUT2D eigenvalue weighted by Crippen LogP contribution is 2.37. The highest BCUT2D eigenvalue weighted by Gasteiger charge is 2.21. The van der Waals surface area contributed by atoms with Gasteiger partial charge in [-0.25, -0.2) is 0 Å². The SMILES string of the molecule is Cc1ccc(C2NCCC(C)S2)c(Br)c1. The molecule has 1 aliphatic rings. The van der Waals surface area contributed by atoms with Crippen LogP contribution in [0.15, 0.2) is 22.7 Å². The smallest absolute Gasteiger partial charge is 0.0803 e. The molecule has 0 amide bonds. The molecule has 0 saturated carbocycles. The lowest BCUT2D eigenvalue weighted by Gasteiger charge is -2.28. The van der Waals surface area contributed by atoms with E-state index >= 15 is 0 Å². The number of halogens is 1. The van der Waals surface area contributed by atoms with E-state index in [2.05, 4.69) is 53.3 Å². The average molecular weight is 286 g/mol. The molecule has 1 aliphatic heterocycles. The first-order valence-electron chi connectivity index (χ1n) is 5.31. The van der Waals surface area contributed by atoms with E-state index in [4.69, 9.17) is 0 Å². The van der Waals surface area contributed by atoms with Crippen molar-refractivity contribution in [2.45, 2.75) is 30.9 Å². The number of benzene rings is 1. The normalized spacial score (nSPS) is 26.6. The monoisotopic (exact) mass is 285 g/mol. The molecule has 0 radical (unpaired) electrons. The summed E-state index contributed by atoms with van der Waals surface area (Å²) in [4.78, 5) is 0. The molecule has 0 aromatic heterocycles. The Bertz CT molecular complexity index is 353. The zero-order valence-electron chi connectivity index (χ0n) is 9.09. The fourth-order valence-electron chi connectivity index (χ4n) is 1.79. The highest BCUT2D eigenvalue weighted by molar-refractivity contribution is 9.10. The second-order valence-corrected chi connectivity index (χ2v) is 6.50. The Kier molecular flexibility index (Phi) is 3.75. The topological polar surface area (TPSA) is 12.0 Å². The molecule has 1 heterocycles. The summed E-state index contributed by atoms with van der Waals surface area (Å²) >= 11 is 5.67. The van der Waals surface area contributed by atoms with E-state index in [1.807, 2.05) is 11.8 Å². The van der Waals surface area contributed by atoms with Crippen molar-refractivity contribution in [3.63, 3.8) is 0 Å². The van der Waals surface area contributed by atoms with Gasteiger partial charge in [0.25, 0.3) is 0 Å². The maximum absolute atomic E-state index is 3.65. The van der Waals surface area contributed by atoms with E-state index in [-0.39, 0.29) is 0 Å². The maximum atomic E-state index is 3.65. The van der Waals surface area contributed by atoms with Crippen molar-refractivity contribution in [2.75, 3.05) is 6.54 Å². The van der Waals surface area contributed by atoms with E-state index in [1.54, 1.807) is 0 Å². The molecule has 0 bridgehead atoms. The molecule has 3 heteroatoms. The summed E-state index contributed by atoms with van der Waals surface area (Å²) in [5, 5.41) is 4.76. The molecular weight excluding hydrogens is 270 g/mol. The van der Waals surface area contributed by atoms with Gasteiger partial charge in [0, 0.05) is 9.72 Å². The molecule has 1 aromatic carbocycles. The first-order chi connectivity index (χ1) is 7.16. The number of nitrogens with one attached hydrogen (secondary N) is 1. The van der Waals surface area contributed by atoms with Gasteiger partial charge in [0.05, 0.1) is 5.37 Å². The minimum Gasteiger partial charge on any atom is -0.302 e. The second-order valence-electron chi connectivity index (χ2n) is 4.09. The third-order valence-electron chi connectivity index (χ3n) is 2.69. The van der Waals surface area contributed by atoms with E-state index in [0.29, 0.717) is 5.37 Å². The zero-order valence-corrected chi connectivity index (χ0v) is 11.5. The van der Waals surface area contributed by atoms with Crippen LogP contribution in [0, 0.1) is 6.92 Å². The van der Waals surface area contributed by atoms with Crippen LogP contribution in [0.25, 0.3) is 0 Å². The Morgan fingerprint density at radius 3 is 2.93 bits per heavy atom. The quantitative estimate of drug-likeness (QED) is 0.841. The molecule has 2 rings (SSSR count). The minimum absolute atomic E-state index is 0.448. The first kappa shape index (κ1) is 11.5. The van der Waals surface area contributed by atoms with Crippen molar-refractivity contribution in [3.8, 4) is 0 Å². The molecule has 2 unspecified atom stereocenters. The van der Waals surface area contributed by atoms with Gasteiger partial charge in [0.2, 0.25) is 0 Å². The van der Waals surface area contributed by atoms with E-state index in [9.17, 15) is 0 Å². The van der Waals surface area contributed by atoms with Gasteiger partial charge >= 0.3 is 0 Å². The lowest BCUT2D eigenvalue weighted by molar-refractivity contribution is 0.604. The van der Waals surface area contributed by atoms with Crippen molar-refractivity contribution in [3.05, 3.63) is 33.8 Å². The summed E-state index contributed by atoms with van der Waals surface area (Å²) in [5.41, 5.74) is 2.68. The van der Waals surface area contributed by atoms with Crippen LogP contribution in [0.4, 0.5) is 0 Å². The van der Waals surface area contributed by atoms with Gasteiger partial charge in [-0.2, -0.15) is 0 Å². The van der Waals surface area contributed by atoms with Crippen LogP contribution >= 0.6 is 27.7 Å². The standard InChI is InChI=1S/C12H16BrNS/c1-8-3-4-10(11(13)7-8)12-14-6-5-9(2)15-12/h3-4,7,9,12,14H,5-6H2,1-2H3. The van der Waals surface area contributed by atoms with Crippen molar-refractivity contribution < 1.29 is 0 Å². The van der Waals surface area contributed by atoms with Crippen molar-refractivity contribution in [1.29, 1.82) is 0 Å². The zero-order chi connectivity index (χ0) is 10.8. The molecular formula is C12H16BrNS. The molecule has 15 heavy (non-hydrogen) atoms. The second kappa shape index (κ2) is 4.89. The van der Waals surface area contributed by atoms with E-state index < -0.39 is 0 Å². The molecule has 0 spiro atoms. The van der Waals surface area contributed by atoms with Crippen LogP contribution in [-0.4, -0.2) is 11.8 Å². The van der Waals surface area contributed by atoms with Crippen LogP contribution < -0.4 is 5.32 Å². The van der Waals surface area contributed by atoms with Crippen molar-refractivity contribution in [2.24, 2.45) is 0 Å². The van der Waals surface area contributed by atoms with Gasteiger partial charge in [0.1, 0.15) is 0 Å². The van der Waals surface area contributed by atoms with Gasteiger partial charge < -0.3 is 5.32 Å². The number of hydrogen-bond acceptors (Lipinski definition) is 2. The van der Waals surface area contributed by atoms with Gasteiger partial charge in [-0.05, 0) is 37.1 Å². The molecule has 0 aliphatic carbocycles. The minimum atomic E-state index is 0.448. The summed E-state index contributed by atoms with van der Waals surface area (Å²) in [6.07, 6.45) is 1.27. The van der Waals surface area contributed by atoms with Crippen molar-refractivity contribution >= 4 is 27.7 Å². The van der Waals surface area contributed by atoms with Crippen LogP contribution in [0.2, 0.25) is 0 Å². The number of hydrogen-bond donors (Lipinski definition) is 1. The predicted molar refractivity (Wildman–Crippen MR) is 71.3 cm³/mol. The largest absolute Gasteiger partial charge is 0.302 e. The van der Waals surface area contributed by atoms with Crippen LogP contribution in [0.3, 0.4) is 0 Å². The summed E-state index contributed by atoms with van der Waals surface area (Å²) in [5.74, 6) is 0. The summed E-state index contributed by atoms with van der Waals surface area (Å²) < 4.78 is 1.22. The molecule has 2 atom stereocenters. The fraction of sp³-hybridized carbons (Fsp3) is 0.500. The average Bonchev–Trinajstić information content (AvgIpc) is 2.17. The molecule has 82 valence electrons. The summed E-state index contributed by atoms with van der Waals surface area (Å²) in [6, 6.07) is 6.60. The van der Waals surface area contributed by atoms with Crippen LogP contribution in [-0.2, 0) is 0 Å². The Labute approximate surface area is 104 Å². The fourth-order valence-corrected chi connectivity index (χ4v) is 3.95. The highest BCUT2D eigenvalue weighted by atomic mass is 79.9. The third kappa shape index (κ3) is 2.77. The Morgan fingerprint density at radius 1 is 1.47 bits per heavy atom. The molecule has 1 nitrogen and oxygen atoms in total. The van der Waals surface area contributed by atoms with Gasteiger partial charge in [-0.1, -0.05) is 35.0 Å². The van der Waals surface area contributed by atoms with E-state index in [1.165, 1.54) is 22.0 Å². The third-order valence-corrected chi connectivity index (χ3v) is 4.77. The lowest BCUT2D eigenvalue weighted by atomic mass is 10.1. The number of aryl methyl sites for hydroxylation is 1. The van der Waals surface area contributed by atoms with Crippen LogP contribution in [0.5, 0.6) is 0 Å². The van der Waals surface area contributed by atoms with Gasteiger partial charge in [0.15, 0.2) is 0 Å². The lowest BCUT2D eigenvalue weighted by Crippen LogP contribution is -2.29. The Morgan fingerprint density at radius 2 is 2.27 bits per heavy atom. The summed E-state index contributed by atoms with van der Waals surface area (Å²) in [7, 11) is 0. The summed E-state index contributed by atoms with van der Waals surface area (Å²) in [6.45, 7) is 5.55. The van der Waals surface area contributed by atoms with Crippen LogP contribution in [0.1, 0.15) is 29.8 Å². The Balaban J connectivity index is 2.21.